The molecule has 1 aliphatic carbocycles. The monoisotopic (exact) mass is 188 g/mol. The molecule has 68 valence electrons. The topological polar surface area (TPSA) is 37.3 Å². The van der Waals surface area contributed by atoms with Gasteiger partial charge >= 0.3 is 5.97 Å². The summed E-state index contributed by atoms with van der Waals surface area (Å²) in [6.45, 7) is 1.87. The van der Waals surface area contributed by atoms with Crippen molar-refractivity contribution >= 4 is 17.6 Å². The van der Waals surface area contributed by atoms with Gasteiger partial charge in [-0.3, -0.25) is 4.79 Å². The number of hydrogen-bond donors (Lipinski definition) is 1. The van der Waals surface area contributed by atoms with Gasteiger partial charge in [-0.1, -0.05) is 23.6 Å². The molecule has 0 spiro atoms. The molecule has 1 saturated carbocycles. The van der Waals surface area contributed by atoms with E-state index in [0.717, 1.165) is 24.8 Å². The van der Waals surface area contributed by atoms with Crippen molar-refractivity contribution in [2.24, 2.45) is 5.41 Å². The fourth-order valence-corrected chi connectivity index (χ4v) is 1.72. The summed E-state index contributed by atoms with van der Waals surface area (Å²) in [5.74, 6) is -0.674. The van der Waals surface area contributed by atoms with Crippen molar-refractivity contribution < 1.29 is 9.90 Å². The van der Waals surface area contributed by atoms with Gasteiger partial charge in [-0.15, -0.1) is 0 Å². The molecule has 1 N–H and O–H groups in total. The van der Waals surface area contributed by atoms with E-state index in [9.17, 15) is 4.79 Å². The molecule has 0 bridgehead atoms. The molecule has 0 atom stereocenters. The van der Waals surface area contributed by atoms with Gasteiger partial charge in [0.2, 0.25) is 0 Å². The largest absolute Gasteiger partial charge is 0.481 e. The highest BCUT2D eigenvalue weighted by molar-refractivity contribution is 6.25. The summed E-state index contributed by atoms with van der Waals surface area (Å²) in [6, 6.07) is 0. The number of carbonyl (C=O) groups is 1. The van der Waals surface area contributed by atoms with E-state index in [4.69, 9.17) is 16.7 Å². The maximum atomic E-state index is 10.9. The summed E-state index contributed by atoms with van der Waals surface area (Å²) < 4.78 is 0. The zero-order valence-electron chi connectivity index (χ0n) is 7.14. The van der Waals surface area contributed by atoms with Gasteiger partial charge in [-0.05, 0) is 26.2 Å². The van der Waals surface area contributed by atoms with Crippen LogP contribution in [0.5, 0.6) is 0 Å². The Morgan fingerprint density at radius 1 is 1.67 bits per heavy atom. The van der Waals surface area contributed by atoms with Crippen LogP contribution in [-0.4, -0.2) is 11.1 Å². The first-order valence-corrected chi connectivity index (χ1v) is 4.54. The summed E-state index contributed by atoms with van der Waals surface area (Å²) in [6.07, 6.45) is 3.22. The zero-order chi connectivity index (χ0) is 9.19. The van der Waals surface area contributed by atoms with E-state index in [1.807, 2.05) is 6.92 Å². The molecule has 2 nitrogen and oxygen atoms in total. The molecule has 0 aliphatic heterocycles. The number of allylic oxidation sites excluding steroid dienone is 1. The summed E-state index contributed by atoms with van der Waals surface area (Å²) in [4.78, 5) is 10.9. The molecule has 0 aromatic rings. The van der Waals surface area contributed by atoms with Crippen molar-refractivity contribution in [3.63, 3.8) is 0 Å². The van der Waals surface area contributed by atoms with Crippen LogP contribution in [0.3, 0.4) is 0 Å². The van der Waals surface area contributed by atoms with Crippen LogP contribution in [0.1, 0.15) is 32.6 Å². The summed E-state index contributed by atoms with van der Waals surface area (Å²) >= 11 is 5.49. The van der Waals surface area contributed by atoms with Gasteiger partial charge in [0.05, 0.1) is 5.41 Å². The van der Waals surface area contributed by atoms with Gasteiger partial charge < -0.3 is 5.11 Å². The van der Waals surface area contributed by atoms with E-state index in [2.05, 4.69) is 0 Å². The van der Waals surface area contributed by atoms with Gasteiger partial charge in [0.25, 0.3) is 0 Å². The number of carboxylic acid groups (broad SMARTS) is 1. The second kappa shape index (κ2) is 3.48. The van der Waals surface area contributed by atoms with Crippen LogP contribution in [0.2, 0.25) is 0 Å². The maximum Gasteiger partial charge on any atom is 0.309 e. The van der Waals surface area contributed by atoms with Crippen molar-refractivity contribution in [2.45, 2.75) is 32.6 Å². The minimum absolute atomic E-state index is 0.491. The first-order chi connectivity index (χ1) is 5.60. The Morgan fingerprint density at radius 2 is 2.25 bits per heavy atom. The number of rotatable bonds is 3. The van der Waals surface area contributed by atoms with Gasteiger partial charge in [0.15, 0.2) is 0 Å². The van der Waals surface area contributed by atoms with Crippen molar-refractivity contribution in [1.29, 1.82) is 0 Å². The second-order valence-electron chi connectivity index (χ2n) is 3.57. The number of hydrogen-bond acceptors (Lipinski definition) is 1. The predicted molar refractivity (Wildman–Crippen MR) is 48.1 cm³/mol. The van der Waals surface area contributed by atoms with Crippen molar-refractivity contribution in [1.82, 2.24) is 0 Å². The molecular weight excluding hydrogens is 176 g/mol. The molecule has 0 amide bonds. The molecule has 1 aliphatic rings. The normalized spacial score (nSPS) is 21.7. The zero-order valence-corrected chi connectivity index (χ0v) is 7.90. The molecule has 0 aromatic heterocycles. The molecule has 0 radical (unpaired) electrons. The van der Waals surface area contributed by atoms with E-state index in [-0.39, 0.29) is 0 Å². The van der Waals surface area contributed by atoms with Gasteiger partial charge in [0, 0.05) is 5.54 Å². The lowest BCUT2D eigenvalue weighted by molar-refractivity contribution is -0.154. The summed E-state index contributed by atoms with van der Waals surface area (Å²) in [7, 11) is 0. The van der Waals surface area contributed by atoms with Crippen LogP contribution in [0.25, 0.3) is 0 Å². The van der Waals surface area contributed by atoms with Crippen LogP contribution < -0.4 is 0 Å². The molecule has 0 aromatic carbocycles. The summed E-state index contributed by atoms with van der Waals surface area (Å²) in [5, 5.41) is 8.96. The number of carboxylic acids is 1. The molecule has 0 saturated heterocycles. The first-order valence-electron chi connectivity index (χ1n) is 4.10. The molecule has 0 heterocycles. The third-order valence-electron chi connectivity index (χ3n) is 2.57. The van der Waals surface area contributed by atoms with Gasteiger partial charge in [-0.25, -0.2) is 0 Å². The molecule has 0 unspecified atom stereocenters. The molecular formula is C9H13ClO2. The predicted octanol–water partition coefficient (Wildman–Crippen LogP) is 2.77. The highest BCUT2D eigenvalue weighted by Crippen LogP contribution is 2.45. The Kier molecular flexibility index (Phi) is 2.78. The van der Waals surface area contributed by atoms with E-state index >= 15 is 0 Å². The number of aliphatic carboxylic acids is 1. The lowest BCUT2D eigenvalue weighted by atomic mass is 9.65. The SMILES string of the molecule is CC(=CCl)CC1(C(=O)O)CCC1. The van der Waals surface area contributed by atoms with Crippen LogP contribution in [0, 0.1) is 5.41 Å². The van der Waals surface area contributed by atoms with E-state index in [0.29, 0.717) is 6.42 Å². The first kappa shape index (κ1) is 9.59. The number of halogens is 1. The molecule has 12 heavy (non-hydrogen) atoms. The smallest absolute Gasteiger partial charge is 0.309 e. The standard InChI is InChI=1S/C9H13ClO2/c1-7(6-10)5-9(8(11)12)3-2-4-9/h6H,2-5H2,1H3,(H,11,12). The highest BCUT2D eigenvalue weighted by atomic mass is 35.5. The lowest BCUT2D eigenvalue weighted by Gasteiger charge is -2.37. The quantitative estimate of drug-likeness (QED) is 0.740. The van der Waals surface area contributed by atoms with Gasteiger partial charge in [0.1, 0.15) is 0 Å². The second-order valence-corrected chi connectivity index (χ2v) is 3.79. The third kappa shape index (κ3) is 1.63. The molecule has 1 rings (SSSR count). The summed E-state index contributed by atoms with van der Waals surface area (Å²) in [5.41, 5.74) is 1.94. The Balaban J connectivity index is 2.63. The Bertz CT molecular complexity index is 217. The van der Waals surface area contributed by atoms with E-state index in [1.54, 1.807) is 0 Å². The van der Waals surface area contributed by atoms with Crippen molar-refractivity contribution in [3.8, 4) is 0 Å². The fraction of sp³-hybridized carbons (Fsp3) is 0.667. The fourth-order valence-electron chi connectivity index (χ4n) is 1.64. The van der Waals surface area contributed by atoms with Crippen LogP contribution in [0.15, 0.2) is 11.1 Å². The average Bonchev–Trinajstić information content (AvgIpc) is 1.95. The Labute approximate surface area is 77.2 Å². The van der Waals surface area contributed by atoms with E-state index < -0.39 is 11.4 Å². The van der Waals surface area contributed by atoms with Crippen molar-refractivity contribution in [3.05, 3.63) is 11.1 Å². The molecule has 3 heteroatoms. The minimum Gasteiger partial charge on any atom is -0.481 e. The highest BCUT2D eigenvalue weighted by Gasteiger charge is 2.43. The average molecular weight is 189 g/mol. The van der Waals surface area contributed by atoms with E-state index in [1.165, 1.54) is 5.54 Å². The Hall–Kier alpha value is -0.500. The van der Waals surface area contributed by atoms with Gasteiger partial charge in [-0.2, -0.15) is 0 Å². The minimum atomic E-state index is -0.674. The van der Waals surface area contributed by atoms with Crippen LogP contribution in [-0.2, 0) is 4.79 Å². The Morgan fingerprint density at radius 3 is 2.50 bits per heavy atom. The molecule has 1 fully saturated rings. The van der Waals surface area contributed by atoms with Crippen LogP contribution >= 0.6 is 11.6 Å². The van der Waals surface area contributed by atoms with Crippen molar-refractivity contribution in [2.75, 3.05) is 0 Å². The third-order valence-corrected chi connectivity index (χ3v) is 2.94. The van der Waals surface area contributed by atoms with Crippen LogP contribution in [0.4, 0.5) is 0 Å². The lowest BCUT2D eigenvalue weighted by Crippen LogP contribution is -2.37. The maximum absolute atomic E-state index is 10.9.